The zero-order valence-electron chi connectivity index (χ0n) is 13.4. The number of nitrogens with zero attached hydrogens (tertiary/aromatic N) is 2. The van der Waals surface area contributed by atoms with E-state index in [9.17, 15) is 9.59 Å². The zero-order valence-corrected chi connectivity index (χ0v) is 14.2. The number of piperidine rings is 1. The van der Waals surface area contributed by atoms with E-state index in [1.807, 2.05) is 17.2 Å². The van der Waals surface area contributed by atoms with Crippen LogP contribution < -0.4 is 10.6 Å². The van der Waals surface area contributed by atoms with Gasteiger partial charge in [-0.1, -0.05) is 0 Å². The van der Waals surface area contributed by atoms with Gasteiger partial charge in [-0.15, -0.1) is 11.3 Å². The molecule has 2 N–H and O–H groups in total. The molecule has 1 aliphatic rings. The number of amides is 3. The molecule has 0 aromatic carbocycles. The third-order valence-electron chi connectivity index (χ3n) is 3.90. The fourth-order valence-electron chi connectivity index (χ4n) is 2.64. The molecule has 0 bridgehead atoms. The summed E-state index contributed by atoms with van der Waals surface area (Å²) in [7, 11) is 0. The lowest BCUT2D eigenvalue weighted by Crippen LogP contribution is -2.53. The van der Waals surface area contributed by atoms with E-state index < -0.39 is 6.04 Å². The number of rotatable bonds is 4. The molecule has 2 heterocycles. The molecule has 1 aromatic rings. The first-order valence-corrected chi connectivity index (χ1v) is 8.61. The lowest BCUT2D eigenvalue weighted by molar-refractivity contribution is -0.136. The van der Waals surface area contributed by atoms with Crippen molar-refractivity contribution in [1.29, 1.82) is 0 Å². The molecule has 1 saturated heterocycles. The van der Waals surface area contributed by atoms with Crippen LogP contribution in [0.4, 0.5) is 4.79 Å². The second kappa shape index (κ2) is 7.58. The Morgan fingerprint density at radius 1 is 1.50 bits per heavy atom. The average Bonchev–Trinajstić information content (AvgIpc) is 2.90. The first-order chi connectivity index (χ1) is 10.5. The van der Waals surface area contributed by atoms with Crippen LogP contribution >= 0.6 is 11.3 Å². The Morgan fingerprint density at radius 2 is 2.27 bits per heavy atom. The van der Waals surface area contributed by atoms with Crippen molar-refractivity contribution in [2.24, 2.45) is 0 Å². The quantitative estimate of drug-likeness (QED) is 0.890. The van der Waals surface area contributed by atoms with Crippen LogP contribution in [0.25, 0.3) is 0 Å². The number of nitrogens with one attached hydrogen (secondary N) is 2. The second-order valence-electron chi connectivity index (χ2n) is 5.78. The molecule has 22 heavy (non-hydrogen) atoms. The maximum atomic E-state index is 12.4. The minimum atomic E-state index is -0.516. The standard InChI is InChI=1S/C15H24N4O2S/c1-10-6-4-5-7-19(10)14(20)11(2)17-15(21)16-8-13-9-22-12(3)18-13/h9-11H,4-8H2,1-3H3,(H2,16,17,21)/t10-,11+/m0/s1. The van der Waals surface area contributed by atoms with E-state index in [2.05, 4.69) is 22.5 Å². The summed E-state index contributed by atoms with van der Waals surface area (Å²) in [5.41, 5.74) is 0.835. The van der Waals surface area contributed by atoms with Gasteiger partial charge in [-0.05, 0) is 40.0 Å². The third-order valence-corrected chi connectivity index (χ3v) is 4.72. The van der Waals surface area contributed by atoms with Crippen LogP contribution in [0.5, 0.6) is 0 Å². The summed E-state index contributed by atoms with van der Waals surface area (Å²) in [6, 6.07) is -0.597. The van der Waals surface area contributed by atoms with E-state index in [4.69, 9.17) is 0 Å². The Hall–Kier alpha value is -1.63. The maximum absolute atomic E-state index is 12.4. The van der Waals surface area contributed by atoms with Crippen molar-refractivity contribution in [1.82, 2.24) is 20.5 Å². The highest BCUT2D eigenvalue weighted by Crippen LogP contribution is 2.17. The summed E-state index contributed by atoms with van der Waals surface area (Å²) in [6.07, 6.45) is 3.24. The Balaban J connectivity index is 1.78. The van der Waals surface area contributed by atoms with Crippen molar-refractivity contribution in [3.63, 3.8) is 0 Å². The molecule has 0 saturated carbocycles. The fourth-order valence-corrected chi connectivity index (χ4v) is 3.26. The van der Waals surface area contributed by atoms with Gasteiger partial charge in [0.2, 0.25) is 5.91 Å². The van der Waals surface area contributed by atoms with Gasteiger partial charge in [0.15, 0.2) is 0 Å². The number of likely N-dealkylation sites (tertiary alicyclic amines) is 1. The average molecular weight is 324 g/mol. The van der Waals surface area contributed by atoms with E-state index in [0.29, 0.717) is 6.54 Å². The predicted octanol–water partition coefficient (Wildman–Crippen LogP) is 2.04. The van der Waals surface area contributed by atoms with E-state index in [0.717, 1.165) is 30.1 Å². The summed E-state index contributed by atoms with van der Waals surface area (Å²) < 4.78 is 0. The van der Waals surface area contributed by atoms with Crippen molar-refractivity contribution in [2.45, 2.75) is 58.7 Å². The predicted molar refractivity (Wildman–Crippen MR) is 86.7 cm³/mol. The molecule has 6 nitrogen and oxygen atoms in total. The van der Waals surface area contributed by atoms with Crippen LogP contribution in [0.1, 0.15) is 43.8 Å². The summed E-state index contributed by atoms with van der Waals surface area (Å²) in [5, 5.41) is 8.33. The number of urea groups is 1. The summed E-state index contributed by atoms with van der Waals surface area (Å²) in [5.74, 6) is -0.00754. The van der Waals surface area contributed by atoms with Crippen molar-refractivity contribution in [2.75, 3.05) is 6.54 Å². The van der Waals surface area contributed by atoms with E-state index in [1.54, 1.807) is 18.3 Å². The molecule has 1 aromatic heterocycles. The van der Waals surface area contributed by atoms with E-state index in [-0.39, 0.29) is 18.0 Å². The number of aromatic nitrogens is 1. The van der Waals surface area contributed by atoms with Gasteiger partial charge in [0.25, 0.3) is 0 Å². The molecule has 0 spiro atoms. The lowest BCUT2D eigenvalue weighted by atomic mass is 10.0. The van der Waals surface area contributed by atoms with Gasteiger partial charge in [-0.25, -0.2) is 9.78 Å². The molecule has 1 aliphatic heterocycles. The SMILES string of the molecule is Cc1nc(CNC(=O)N[C@H](C)C(=O)N2CCCC[C@@H]2C)cs1. The van der Waals surface area contributed by atoms with Gasteiger partial charge in [0.05, 0.1) is 17.2 Å². The van der Waals surface area contributed by atoms with Crippen molar-refractivity contribution >= 4 is 23.3 Å². The third kappa shape index (κ3) is 4.43. The zero-order chi connectivity index (χ0) is 16.1. The topological polar surface area (TPSA) is 74.3 Å². The number of thiazole rings is 1. The normalized spacial score (nSPS) is 19.6. The Bertz CT molecular complexity index is 531. The van der Waals surface area contributed by atoms with E-state index in [1.165, 1.54) is 6.42 Å². The minimum absolute atomic E-state index is 0.00754. The molecule has 0 aliphatic carbocycles. The molecule has 3 amide bonds. The van der Waals surface area contributed by atoms with Gasteiger partial charge >= 0.3 is 6.03 Å². The Kier molecular flexibility index (Phi) is 5.76. The summed E-state index contributed by atoms with van der Waals surface area (Å²) >= 11 is 1.55. The molecular formula is C15H24N4O2S. The molecule has 0 unspecified atom stereocenters. The van der Waals surface area contributed by atoms with Gasteiger partial charge in [0, 0.05) is 18.0 Å². The molecule has 2 rings (SSSR count). The summed E-state index contributed by atoms with van der Waals surface area (Å²) in [4.78, 5) is 30.4. The van der Waals surface area contributed by atoms with Crippen molar-refractivity contribution < 1.29 is 9.59 Å². The molecule has 7 heteroatoms. The molecule has 122 valence electrons. The number of carbonyl (C=O) groups is 2. The number of carbonyl (C=O) groups excluding carboxylic acids is 2. The molecule has 0 radical (unpaired) electrons. The Morgan fingerprint density at radius 3 is 2.91 bits per heavy atom. The van der Waals surface area contributed by atoms with Crippen LogP contribution in [-0.4, -0.2) is 40.5 Å². The first-order valence-electron chi connectivity index (χ1n) is 7.73. The monoisotopic (exact) mass is 324 g/mol. The number of aryl methyl sites for hydroxylation is 1. The molecule has 2 atom stereocenters. The van der Waals surface area contributed by atoms with E-state index >= 15 is 0 Å². The number of hydrogen-bond acceptors (Lipinski definition) is 4. The highest BCUT2D eigenvalue weighted by atomic mass is 32.1. The number of hydrogen-bond donors (Lipinski definition) is 2. The second-order valence-corrected chi connectivity index (χ2v) is 6.85. The van der Waals surface area contributed by atoms with Gasteiger partial charge in [0.1, 0.15) is 6.04 Å². The van der Waals surface area contributed by atoms with Crippen LogP contribution in [0.3, 0.4) is 0 Å². The fraction of sp³-hybridized carbons (Fsp3) is 0.667. The molecular weight excluding hydrogens is 300 g/mol. The highest BCUT2D eigenvalue weighted by Gasteiger charge is 2.27. The molecule has 1 fully saturated rings. The summed E-state index contributed by atoms with van der Waals surface area (Å²) in [6.45, 7) is 6.88. The smallest absolute Gasteiger partial charge is 0.315 e. The van der Waals surface area contributed by atoms with Gasteiger partial charge in [-0.3, -0.25) is 4.79 Å². The van der Waals surface area contributed by atoms with Crippen LogP contribution in [0, 0.1) is 6.92 Å². The highest BCUT2D eigenvalue weighted by molar-refractivity contribution is 7.09. The maximum Gasteiger partial charge on any atom is 0.315 e. The van der Waals surface area contributed by atoms with Crippen LogP contribution in [-0.2, 0) is 11.3 Å². The van der Waals surface area contributed by atoms with Crippen LogP contribution in [0.15, 0.2) is 5.38 Å². The van der Waals surface area contributed by atoms with Crippen molar-refractivity contribution in [3.05, 3.63) is 16.1 Å². The largest absolute Gasteiger partial charge is 0.338 e. The van der Waals surface area contributed by atoms with Gasteiger partial charge in [-0.2, -0.15) is 0 Å². The first kappa shape index (κ1) is 16.7. The van der Waals surface area contributed by atoms with Crippen molar-refractivity contribution in [3.8, 4) is 0 Å². The Labute approximate surface area is 135 Å². The van der Waals surface area contributed by atoms with Crippen LogP contribution in [0.2, 0.25) is 0 Å². The minimum Gasteiger partial charge on any atom is -0.338 e. The van der Waals surface area contributed by atoms with Gasteiger partial charge < -0.3 is 15.5 Å². The lowest BCUT2D eigenvalue weighted by Gasteiger charge is -2.35.